The lowest BCUT2D eigenvalue weighted by Crippen LogP contribution is -2.43. The number of anilines is 1. The fraction of sp³-hybridized carbons (Fsp3) is 0.261. The molecule has 0 aliphatic carbocycles. The molecule has 1 aromatic heterocycles. The van der Waals surface area contributed by atoms with Crippen LogP contribution in [0.3, 0.4) is 0 Å². The Hall–Kier alpha value is -3.41. The van der Waals surface area contributed by atoms with Crippen molar-refractivity contribution in [1.29, 1.82) is 0 Å². The van der Waals surface area contributed by atoms with Crippen LogP contribution in [0.2, 0.25) is 0 Å². The Labute approximate surface area is 169 Å². The van der Waals surface area contributed by atoms with Gasteiger partial charge in [0.25, 0.3) is 5.91 Å². The van der Waals surface area contributed by atoms with Crippen LogP contribution in [-0.2, 0) is 16.0 Å². The van der Waals surface area contributed by atoms with E-state index >= 15 is 0 Å². The maximum atomic E-state index is 13.0. The summed E-state index contributed by atoms with van der Waals surface area (Å²) in [5, 5.41) is 4.25. The van der Waals surface area contributed by atoms with Crippen molar-refractivity contribution in [1.82, 2.24) is 9.78 Å². The number of para-hydroxylation sites is 1. The first kappa shape index (κ1) is 18.9. The number of amides is 1. The zero-order chi connectivity index (χ0) is 20.5. The molecule has 3 aromatic rings. The number of nitrogens with zero attached hydrogens (tertiary/aromatic N) is 3. The molecule has 1 aliphatic rings. The van der Waals surface area contributed by atoms with Crippen LogP contribution in [0.25, 0.3) is 5.69 Å². The van der Waals surface area contributed by atoms with Gasteiger partial charge in [0.1, 0.15) is 0 Å². The molecule has 0 saturated carbocycles. The molecule has 0 bridgehead atoms. The summed E-state index contributed by atoms with van der Waals surface area (Å²) in [6.45, 7) is 5.58. The van der Waals surface area contributed by atoms with Crippen molar-refractivity contribution in [3.8, 4) is 5.69 Å². The summed E-state index contributed by atoms with van der Waals surface area (Å²) in [7, 11) is 0. The molecule has 29 heavy (non-hydrogen) atoms. The summed E-state index contributed by atoms with van der Waals surface area (Å²) in [4.78, 5) is 27.3. The van der Waals surface area contributed by atoms with E-state index in [0.717, 1.165) is 29.1 Å². The SMILES string of the molecule is Cc1ccnn1-c1ccc(C(=O)O[C@@H](C)C(=O)N2c3ccccc3C[C@@H]2C)cc1. The number of aromatic nitrogens is 2. The molecular formula is C23H23N3O3. The van der Waals surface area contributed by atoms with Crippen LogP contribution in [0.5, 0.6) is 0 Å². The van der Waals surface area contributed by atoms with E-state index < -0.39 is 12.1 Å². The molecule has 4 rings (SSSR count). The van der Waals surface area contributed by atoms with E-state index in [9.17, 15) is 9.59 Å². The van der Waals surface area contributed by atoms with E-state index in [-0.39, 0.29) is 11.9 Å². The highest BCUT2D eigenvalue weighted by Gasteiger charge is 2.34. The van der Waals surface area contributed by atoms with Gasteiger partial charge in [-0.1, -0.05) is 18.2 Å². The van der Waals surface area contributed by atoms with Crippen LogP contribution in [-0.4, -0.2) is 33.8 Å². The van der Waals surface area contributed by atoms with Gasteiger partial charge in [0.05, 0.1) is 11.3 Å². The van der Waals surface area contributed by atoms with Crippen LogP contribution in [0.4, 0.5) is 5.69 Å². The van der Waals surface area contributed by atoms with Crippen LogP contribution < -0.4 is 4.90 Å². The second-order valence-electron chi connectivity index (χ2n) is 7.37. The molecule has 2 atom stereocenters. The highest BCUT2D eigenvalue weighted by Crippen LogP contribution is 2.32. The Balaban J connectivity index is 1.46. The molecule has 0 unspecified atom stereocenters. The molecule has 0 N–H and O–H groups in total. The van der Waals surface area contributed by atoms with E-state index in [1.54, 1.807) is 34.8 Å². The average Bonchev–Trinajstić information content (AvgIpc) is 3.29. The Morgan fingerprint density at radius 1 is 1.10 bits per heavy atom. The quantitative estimate of drug-likeness (QED) is 0.638. The van der Waals surface area contributed by atoms with Crippen molar-refractivity contribution in [2.45, 2.75) is 39.3 Å². The highest BCUT2D eigenvalue weighted by atomic mass is 16.5. The van der Waals surface area contributed by atoms with E-state index in [1.165, 1.54) is 0 Å². The van der Waals surface area contributed by atoms with Crippen LogP contribution in [0.1, 0.15) is 35.5 Å². The Bertz CT molecular complexity index is 1060. The smallest absolute Gasteiger partial charge is 0.338 e. The van der Waals surface area contributed by atoms with Gasteiger partial charge in [0.15, 0.2) is 6.10 Å². The van der Waals surface area contributed by atoms with Crippen LogP contribution >= 0.6 is 0 Å². The standard InChI is InChI=1S/C23H23N3O3/c1-15-12-13-24-26(15)20-10-8-18(9-11-20)23(28)29-17(3)22(27)25-16(2)14-19-6-4-5-7-21(19)25/h4-13,16-17H,14H2,1-3H3/t16-,17-/m0/s1. The molecule has 0 saturated heterocycles. The first-order valence-electron chi connectivity index (χ1n) is 9.68. The third kappa shape index (κ3) is 3.53. The number of carbonyl (C=O) groups is 2. The van der Waals surface area contributed by atoms with E-state index in [0.29, 0.717) is 5.56 Å². The summed E-state index contributed by atoms with van der Waals surface area (Å²) < 4.78 is 7.26. The molecule has 0 spiro atoms. The number of esters is 1. The summed E-state index contributed by atoms with van der Waals surface area (Å²) in [6, 6.07) is 16.8. The molecule has 2 heterocycles. The van der Waals surface area contributed by atoms with Crippen molar-refractivity contribution < 1.29 is 14.3 Å². The molecule has 1 amide bonds. The normalized spacial score (nSPS) is 16.4. The zero-order valence-electron chi connectivity index (χ0n) is 16.7. The van der Waals surface area contributed by atoms with Gasteiger partial charge in [0.2, 0.25) is 0 Å². The number of hydrogen-bond acceptors (Lipinski definition) is 4. The number of hydrogen-bond donors (Lipinski definition) is 0. The number of rotatable bonds is 4. The molecule has 2 aromatic carbocycles. The minimum atomic E-state index is -0.871. The first-order chi connectivity index (χ1) is 14.0. The third-order valence-electron chi connectivity index (χ3n) is 5.26. The van der Waals surface area contributed by atoms with Gasteiger partial charge >= 0.3 is 5.97 Å². The van der Waals surface area contributed by atoms with Crippen LogP contribution in [0.15, 0.2) is 60.8 Å². The largest absolute Gasteiger partial charge is 0.449 e. The van der Waals surface area contributed by atoms with Gasteiger partial charge in [-0.25, -0.2) is 9.48 Å². The molecule has 148 valence electrons. The molecule has 6 heteroatoms. The van der Waals surface area contributed by atoms with E-state index in [4.69, 9.17) is 4.74 Å². The molecule has 6 nitrogen and oxygen atoms in total. The number of carbonyl (C=O) groups excluding carboxylic acids is 2. The molecule has 0 fully saturated rings. The summed E-state index contributed by atoms with van der Waals surface area (Å²) in [5.41, 5.74) is 4.28. The maximum absolute atomic E-state index is 13.0. The van der Waals surface area contributed by atoms with Crippen molar-refractivity contribution in [2.75, 3.05) is 4.90 Å². The van der Waals surface area contributed by atoms with Gasteiger partial charge in [-0.05, 0) is 69.2 Å². The number of ether oxygens (including phenoxy) is 1. The number of aryl methyl sites for hydroxylation is 1. The predicted molar refractivity (Wildman–Crippen MR) is 110 cm³/mol. The van der Waals surface area contributed by atoms with E-state index in [2.05, 4.69) is 5.10 Å². The fourth-order valence-electron chi connectivity index (χ4n) is 3.75. The Morgan fingerprint density at radius 3 is 2.52 bits per heavy atom. The van der Waals surface area contributed by atoms with Gasteiger partial charge < -0.3 is 9.64 Å². The number of benzene rings is 2. The lowest BCUT2D eigenvalue weighted by atomic mass is 10.1. The van der Waals surface area contributed by atoms with Crippen molar-refractivity contribution in [2.24, 2.45) is 0 Å². The Morgan fingerprint density at radius 2 is 1.83 bits per heavy atom. The molecular weight excluding hydrogens is 366 g/mol. The average molecular weight is 389 g/mol. The molecule has 1 aliphatic heterocycles. The van der Waals surface area contributed by atoms with Gasteiger partial charge in [-0.2, -0.15) is 5.10 Å². The van der Waals surface area contributed by atoms with Gasteiger partial charge in [-0.15, -0.1) is 0 Å². The summed E-state index contributed by atoms with van der Waals surface area (Å²) in [5.74, 6) is -0.727. The lowest BCUT2D eigenvalue weighted by Gasteiger charge is -2.26. The minimum absolute atomic E-state index is 0.0395. The van der Waals surface area contributed by atoms with Gasteiger partial charge in [-0.3, -0.25) is 4.79 Å². The lowest BCUT2D eigenvalue weighted by molar-refractivity contribution is -0.126. The maximum Gasteiger partial charge on any atom is 0.338 e. The minimum Gasteiger partial charge on any atom is -0.449 e. The zero-order valence-corrected chi connectivity index (χ0v) is 16.7. The topological polar surface area (TPSA) is 64.4 Å². The molecule has 0 radical (unpaired) electrons. The highest BCUT2D eigenvalue weighted by molar-refractivity contribution is 6.00. The van der Waals surface area contributed by atoms with Crippen molar-refractivity contribution in [3.05, 3.63) is 77.6 Å². The third-order valence-corrected chi connectivity index (χ3v) is 5.26. The number of fused-ring (bicyclic) bond motifs is 1. The van der Waals surface area contributed by atoms with Gasteiger partial charge in [0, 0.05) is 23.6 Å². The van der Waals surface area contributed by atoms with Crippen LogP contribution in [0, 0.1) is 6.92 Å². The second-order valence-corrected chi connectivity index (χ2v) is 7.37. The Kier molecular flexibility index (Phi) is 4.92. The van der Waals surface area contributed by atoms with Crippen molar-refractivity contribution in [3.63, 3.8) is 0 Å². The summed E-state index contributed by atoms with van der Waals surface area (Å²) >= 11 is 0. The monoisotopic (exact) mass is 389 g/mol. The van der Waals surface area contributed by atoms with E-state index in [1.807, 2.05) is 56.3 Å². The summed E-state index contributed by atoms with van der Waals surface area (Å²) in [6.07, 6.45) is 1.66. The van der Waals surface area contributed by atoms with Crippen molar-refractivity contribution >= 4 is 17.6 Å². The fourth-order valence-corrected chi connectivity index (χ4v) is 3.75. The second kappa shape index (κ2) is 7.54. The predicted octanol–water partition coefficient (Wildman–Crippen LogP) is 3.70. The first-order valence-corrected chi connectivity index (χ1v) is 9.68.